The molecule has 0 aromatic carbocycles. The average Bonchev–Trinajstić information content (AvgIpc) is 3.55. The van der Waals surface area contributed by atoms with Gasteiger partial charge in [-0.2, -0.15) is 0 Å². The van der Waals surface area contributed by atoms with E-state index in [9.17, 15) is 4.79 Å². The van der Waals surface area contributed by atoms with Crippen LogP contribution in [-0.2, 0) is 11.3 Å². The van der Waals surface area contributed by atoms with Crippen molar-refractivity contribution in [3.05, 3.63) is 30.4 Å². The zero-order valence-electron chi connectivity index (χ0n) is 15.7. The van der Waals surface area contributed by atoms with E-state index in [2.05, 4.69) is 19.7 Å². The number of piperidine rings is 1. The maximum absolute atomic E-state index is 12.5. The van der Waals surface area contributed by atoms with Crippen LogP contribution in [0, 0.1) is 0 Å². The molecule has 3 aliphatic rings. The highest BCUT2D eigenvalue weighted by Crippen LogP contribution is 2.41. The molecule has 10 heteroatoms. The number of halogens is 2. The van der Waals surface area contributed by atoms with E-state index in [1.165, 1.54) is 12.8 Å². The maximum Gasteiger partial charge on any atom is 0.242 e. The third-order valence-electron chi connectivity index (χ3n) is 5.95. The van der Waals surface area contributed by atoms with Crippen LogP contribution in [0.4, 0.5) is 0 Å². The lowest BCUT2D eigenvalue weighted by atomic mass is 9.95. The van der Waals surface area contributed by atoms with Gasteiger partial charge in [0.15, 0.2) is 5.82 Å². The average molecular weight is 428 g/mol. The molecular weight excluding hydrogens is 401 g/mol. The SMILES string of the molecule is Cl.Cl.NC1(C(=O)N2CCC(c3nnc(Cn4ccnc4)n3C3CC3)CC2)CC1. The van der Waals surface area contributed by atoms with Gasteiger partial charge in [-0.05, 0) is 38.5 Å². The molecule has 1 amide bonds. The van der Waals surface area contributed by atoms with Crippen LogP contribution in [0.25, 0.3) is 0 Å². The number of carbonyl (C=O) groups is 1. The van der Waals surface area contributed by atoms with Gasteiger partial charge < -0.3 is 19.8 Å². The Hall–Kier alpha value is -1.64. The summed E-state index contributed by atoms with van der Waals surface area (Å²) in [5, 5.41) is 9.06. The molecule has 0 bridgehead atoms. The quantitative estimate of drug-likeness (QED) is 0.785. The molecule has 3 fully saturated rings. The zero-order valence-corrected chi connectivity index (χ0v) is 17.4. The smallest absolute Gasteiger partial charge is 0.242 e. The summed E-state index contributed by atoms with van der Waals surface area (Å²) in [6.45, 7) is 2.25. The lowest BCUT2D eigenvalue weighted by Crippen LogP contribution is -2.48. The summed E-state index contributed by atoms with van der Waals surface area (Å²) in [6.07, 6.45) is 11.5. The summed E-state index contributed by atoms with van der Waals surface area (Å²) in [6, 6.07) is 0.539. The lowest BCUT2D eigenvalue weighted by Gasteiger charge is -2.33. The Bertz CT molecular complexity index is 806. The van der Waals surface area contributed by atoms with Crippen LogP contribution in [0.2, 0.25) is 0 Å². The summed E-state index contributed by atoms with van der Waals surface area (Å²) >= 11 is 0. The number of rotatable bonds is 5. The van der Waals surface area contributed by atoms with Crippen LogP contribution in [0.5, 0.6) is 0 Å². The number of nitrogens with two attached hydrogens (primary N) is 1. The van der Waals surface area contributed by atoms with Gasteiger partial charge in [0.05, 0.1) is 18.4 Å². The van der Waals surface area contributed by atoms with Gasteiger partial charge >= 0.3 is 0 Å². The van der Waals surface area contributed by atoms with E-state index in [1.807, 2.05) is 22.0 Å². The summed E-state index contributed by atoms with van der Waals surface area (Å²) in [5.41, 5.74) is 5.52. The molecule has 28 heavy (non-hydrogen) atoms. The monoisotopic (exact) mass is 427 g/mol. The minimum Gasteiger partial charge on any atom is -0.341 e. The number of carbonyl (C=O) groups excluding carboxylic acids is 1. The lowest BCUT2D eigenvalue weighted by molar-refractivity contribution is -0.134. The topological polar surface area (TPSA) is 94.9 Å². The molecule has 2 N–H and O–H groups in total. The second kappa shape index (κ2) is 8.00. The minimum atomic E-state index is -0.557. The third kappa shape index (κ3) is 3.90. The van der Waals surface area contributed by atoms with Crippen molar-refractivity contribution in [2.45, 2.75) is 62.6 Å². The molecule has 1 aliphatic heterocycles. The second-order valence-electron chi connectivity index (χ2n) is 8.03. The van der Waals surface area contributed by atoms with Gasteiger partial charge in [0.1, 0.15) is 5.82 Å². The Morgan fingerprint density at radius 1 is 1.14 bits per heavy atom. The van der Waals surface area contributed by atoms with Crippen LogP contribution in [0.15, 0.2) is 18.7 Å². The number of imidazole rings is 1. The highest BCUT2D eigenvalue weighted by molar-refractivity contribution is 5.89. The second-order valence-corrected chi connectivity index (χ2v) is 8.03. The Morgan fingerprint density at radius 2 is 1.86 bits per heavy atom. The van der Waals surface area contributed by atoms with Crippen LogP contribution in [0.1, 0.15) is 62.1 Å². The Morgan fingerprint density at radius 3 is 2.43 bits per heavy atom. The van der Waals surface area contributed by atoms with E-state index in [0.29, 0.717) is 18.5 Å². The van der Waals surface area contributed by atoms with Crippen LogP contribution in [-0.4, -0.2) is 53.8 Å². The van der Waals surface area contributed by atoms with Crippen molar-refractivity contribution in [3.8, 4) is 0 Å². The number of hydrogen-bond acceptors (Lipinski definition) is 5. The minimum absolute atomic E-state index is 0. The molecule has 2 saturated carbocycles. The number of hydrogen-bond donors (Lipinski definition) is 1. The Labute approximate surface area is 176 Å². The number of likely N-dealkylation sites (tertiary alicyclic amines) is 1. The predicted molar refractivity (Wildman–Crippen MR) is 109 cm³/mol. The third-order valence-corrected chi connectivity index (χ3v) is 5.95. The van der Waals surface area contributed by atoms with Crippen molar-refractivity contribution in [3.63, 3.8) is 0 Å². The first-order chi connectivity index (χ1) is 12.6. The normalized spacial score (nSPS) is 21.0. The van der Waals surface area contributed by atoms with Crippen molar-refractivity contribution in [2.24, 2.45) is 5.73 Å². The zero-order chi connectivity index (χ0) is 17.7. The van der Waals surface area contributed by atoms with Crippen LogP contribution < -0.4 is 5.73 Å². The molecule has 2 aromatic heterocycles. The number of amides is 1. The highest BCUT2D eigenvalue weighted by atomic mass is 35.5. The van der Waals surface area contributed by atoms with E-state index in [-0.39, 0.29) is 30.7 Å². The van der Waals surface area contributed by atoms with Gasteiger partial charge in [-0.3, -0.25) is 4.79 Å². The van der Waals surface area contributed by atoms with Crippen molar-refractivity contribution in [2.75, 3.05) is 13.1 Å². The summed E-state index contributed by atoms with van der Waals surface area (Å²) in [5.74, 6) is 2.62. The molecule has 5 rings (SSSR count). The van der Waals surface area contributed by atoms with Crippen molar-refractivity contribution in [1.82, 2.24) is 29.2 Å². The first-order valence-electron chi connectivity index (χ1n) is 9.62. The fourth-order valence-electron chi connectivity index (χ4n) is 4.00. The van der Waals surface area contributed by atoms with E-state index in [4.69, 9.17) is 5.73 Å². The Balaban J connectivity index is 0.00000112. The molecule has 1 saturated heterocycles. The van der Waals surface area contributed by atoms with Crippen LogP contribution in [0.3, 0.4) is 0 Å². The maximum atomic E-state index is 12.5. The van der Waals surface area contributed by atoms with Gasteiger partial charge in [-0.25, -0.2) is 4.98 Å². The van der Waals surface area contributed by atoms with Gasteiger partial charge in [0.25, 0.3) is 0 Å². The largest absolute Gasteiger partial charge is 0.341 e. The fourth-order valence-corrected chi connectivity index (χ4v) is 4.00. The molecule has 2 aromatic rings. The van der Waals surface area contributed by atoms with Crippen molar-refractivity contribution >= 4 is 30.7 Å². The van der Waals surface area contributed by atoms with Gasteiger partial charge in [0, 0.05) is 37.4 Å². The molecule has 0 atom stereocenters. The van der Waals surface area contributed by atoms with Crippen molar-refractivity contribution in [1.29, 1.82) is 0 Å². The molecule has 0 spiro atoms. The molecule has 0 radical (unpaired) electrons. The van der Waals surface area contributed by atoms with Gasteiger partial charge in [0.2, 0.25) is 5.91 Å². The fraction of sp³-hybridized carbons (Fsp3) is 0.667. The summed E-state index contributed by atoms with van der Waals surface area (Å²) in [7, 11) is 0. The first kappa shape index (κ1) is 21.1. The van der Waals surface area contributed by atoms with E-state index in [0.717, 1.165) is 50.4 Å². The van der Waals surface area contributed by atoms with Crippen LogP contribution >= 0.6 is 24.8 Å². The van der Waals surface area contributed by atoms with E-state index in [1.54, 1.807) is 6.20 Å². The summed E-state index contributed by atoms with van der Waals surface area (Å²) in [4.78, 5) is 18.5. The standard InChI is InChI=1S/C18H25N7O.2ClH/c19-18(5-6-18)17(26)24-8-3-13(4-9-24)16-22-21-15(25(16)14-1-2-14)11-23-10-7-20-12-23;;/h7,10,12-14H,1-6,8-9,11,19H2;2*1H. The summed E-state index contributed by atoms with van der Waals surface area (Å²) < 4.78 is 4.39. The first-order valence-corrected chi connectivity index (χ1v) is 9.62. The van der Waals surface area contributed by atoms with Gasteiger partial charge in [-0.1, -0.05) is 0 Å². The molecular formula is C18H27Cl2N7O. The molecule has 0 unspecified atom stereocenters. The van der Waals surface area contributed by atoms with E-state index < -0.39 is 5.54 Å². The number of nitrogens with zero attached hydrogens (tertiary/aromatic N) is 6. The van der Waals surface area contributed by atoms with Crippen molar-refractivity contribution < 1.29 is 4.79 Å². The molecule has 2 aliphatic carbocycles. The molecule has 154 valence electrons. The predicted octanol–water partition coefficient (Wildman–Crippen LogP) is 1.90. The molecule has 3 heterocycles. The number of aromatic nitrogens is 5. The Kier molecular flexibility index (Phi) is 6.03. The molecule has 8 nitrogen and oxygen atoms in total. The highest BCUT2D eigenvalue weighted by Gasteiger charge is 2.48. The van der Waals surface area contributed by atoms with E-state index >= 15 is 0 Å². The van der Waals surface area contributed by atoms with Gasteiger partial charge in [-0.15, -0.1) is 35.0 Å².